The maximum Gasteiger partial charge on any atom is 0.332 e. The van der Waals surface area contributed by atoms with Crippen LogP contribution in [0.4, 0.5) is 10.5 Å². The van der Waals surface area contributed by atoms with E-state index in [1.807, 2.05) is 31.2 Å². The third-order valence-electron chi connectivity index (χ3n) is 5.27. The van der Waals surface area contributed by atoms with Crippen LogP contribution in [0.25, 0.3) is 11.1 Å². The van der Waals surface area contributed by atoms with Crippen molar-refractivity contribution in [1.82, 2.24) is 9.88 Å². The van der Waals surface area contributed by atoms with Gasteiger partial charge in [0, 0.05) is 17.8 Å². The van der Waals surface area contributed by atoms with Crippen molar-refractivity contribution >= 4 is 23.6 Å². The molecule has 0 unspecified atom stereocenters. The summed E-state index contributed by atoms with van der Waals surface area (Å²) in [6.45, 7) is 7.29. The number of pyridine rings is 1. The van der Waals surface area contributed by atoms with Gasteiger partial charge in [-0.2, -0.15) is 0 Å². The van der Waals surface area contributed by atoms with Crippen LogP contribution >= 0.6 is 0 Å². The molecule has 8 nitrogen and oxygen atoms in total. The smallest absolute Gasteiger partial charge is 0.332 e. The molecule has 1 aromatic heterocycles. The fourth-order valence-corrected chi connectivity index (χ4v) is 3.93. The second kappa shape index (κ2) is 8.85. The van der Waals surface area contributed by atoms with Crippen LogP contribution in [-0.4, -0.2) is 46.0 Å². The summed E-state index contributed by atoms with van der Waals surface area (Å²) in [6, 6.07) is 7.13. The van der Waals surface area contributed by atoms with Gasteiger partial charge in [0.25, 0.3) is 5.91 Å². The second-order valence-electron chi connectivity index (χ2n) is 8.28. The molecule has 1 aliphatic heterocycles. The molecule has 1 aromatic carbocycles. The summed E-state index contributed by atoms with van der Waals surface area (Å²) in [5.74, 6) is -1.31. The normalized spacial score (nSPS) is 14.1. The second-order valence-corrected chi connectivity index (χ2v) is 8.28. The summed E-state index contributed by atoms with van der Waals surface area (Å²) < 4.78 is 0. The van der Waals surface area contributed by atoms with E-state index < -0.39 is 24.5 Å². The van der Waals surface area contributed by atoms with Crippen LogP contribution < -0.4 is 10.6 Å². The molecule has 0 atom stereocenters. The van der Waals surface area contributed by atoms with Crippen molar-refractivity contribution in [2.75, 3.05) is 18.0 Å². The van der Waals surface area contributed by atoms with E-state index >= 15 is 0 Å². The Bertz CT molecular complexity index is 1030. The summed E-state index contributed by atoms with van der Waals surface area (Å²) in [5, 5.41) is 9.10. The lowest BCUT2D eigenvalue weighted by molar-refractivity contribution is -0.137. The maximum absolute atomic E-state index is 13.0. The van der Waals surface area contributed by atoms with E-state index in [4.69, 9.17) is 15.8 Å². The molecule has 0 radical (unpaired) electrons. The molecule has 31 heavy (non-hydrogen) atoms. The maximum atomic E-state index is 13.0. The van der Waals surface area contributed by atoms with Crippen molar-refractivity contribution in [3.63, 3.8) is 0 Å². The minimum Gasteiger partial charge on any atom is -0.480 e. The first-order valence-corrected chi connectivity index (χ1v) is 10.3. The van der Waals surface area contributed by atoms with Gasteiger partial charge in [-0.15, -0.1) is 0 Å². The number of nitrogens with two attached hydrogens (primary N) is 1. The highest BCUT2D eigenvalue weighted by molar-refractivity contribution is 6.22. The van der Waals surface area contributed by atoms with Crippen LogP contribution in [0.3, 0.4) is 0 Å². The molecule has 2 heterocycles. The summed E-state index contributed by atoms with van der Waals surface area (Å²) >= 11 is 0. The number of rotatable bonds is 7. The zero-order chi connectivity index (χ0) is 22.9. The molecule has 2 aromatic rings. The monoisotopic (exact) mass is 424 g/mol. The fourth-order valence-electron chi connectivity index (χ4n) is 3.93. The number of aliphatic carboxylic acids is 1. The van der Waals surface area contributed by atoms with Crippen molar-refractivity contribution in [2.24, 2.45) is 11.7 Å². The minimum absolute atomic E-state index is 0.195. The van der Waals surface area contributed by atoms with E-state index in [0.717, 1.165) is 32.2 Å². The SMILES string of the molecule is Cc1ccc(-c2c(CN)c(CC(C)C)nc(C)c2N2C(=O)CN(CC(=O)O)C2=O)cc1. The number of aromatic nitrogens is 1. The summed E-state index contributed by atoms with van der Waals surface area (Å²) in [7, 11) is 0. The number of benzene rings is 1. The predicted molar refractivity (Wildman–Crippen MR) is 118 cm³/mol. The van der Waals surface area contributed by atoms with Gasteiger partial charge in [-0.25, -0.2) is 9.69 Å². The molecule has 3 amide bonds. The van der Waals surface area contributed by atoms with E-state index in [2.05, 4.69) is 13.8 Å². The Balaban J connectivity index is 2.26. The van der Waals surface area contributed by atoms with Gasteiger partial charge < -0.3 is 15.7 Å². The number of urea groups is 1. The number of nitrogens with zero attached hydrogens (tertiary/aromatic N) is 3. The van der Waals surface area contributed by atoms with Crippen molar-refractivity contribution in [1.29, 1.82) is 0 Å². The lowest BCUT2D eigenvalue weighted by atomic mass is 9.92. The van der Waals surface area contributed by atoms with E-state index in [-0.39, 0.29) is 13.1 Å². The fraction of sp³-hybridized carbons (Fsp3) is 0.391. The van der Waals surface area contributed by atoms with Crippen LogP contribution in [0.15, 0.2) is 24.3 Å². The number of hydrogen-bond donors (Lipinski definition) is 2. The van der Waals surface area contributed by atoms with Crippen molar-refractivity contribution in [3.8, 4) is 11.1 Å². The lowest BCUT2D eigenvalue weighted by Gasteiger charge is -2.25. The number of aryl methyl sites for hydroxylation is 2. The Labute approximate surface area is 181 Å². The highest BCUT2D eigenvalue weighted by Crippen LogP contribution is 2.40. The minimum atomic E-state index is -1.17. The Morgan fingerprint density at radius 1 is 1.19 bits per heavy atom. The topological polar surface area (TPSA) is 117 Å². The van der Waals surface area contributed by atoms with Gasteiger partial charge in [-0.05, 0) is 37.3 Å². The third kappa shape index (κ3) is 4.44. The average Bonchev–Trinajstić information content (AvgIpc) is 2.94. The number of imide groups is 1. The molecule has 1 saturated heterocycles. The molecule has 0 aliphatic carbocycles. The molecule has 1 fully saturated rings. The molecular formula is C23H28N4O4. The lowest BCUT2D eigenvalue weighted by Crippen LogP contribution is -2.36. The number of amides is 3. The first-order chi connectivity index (χ1) is 14.6. The van der Waals surface area contributed by atoms with Crippen molar-refractivity contribution in [2.45, 2.75) is 40.7 Å². The standard InChI is InChI=1S/C23H28N4O4/c1-13(2)9-18-17(10-24)21(16-7-5-14(3)6-8-16)22(15(4)25-18)27-19(28)11-26(23(27)31)12-20(29)30/h5-8,13H,9-12,24H2,1-4H3,(H,29,30). The number of carbonyl (C=O) groups is 3. The van der Waals surface area contributed by atoms with Gasteiger partial charge >= 0.3 is 12.0 Å². The van der Waals surface area contributed by atoms with Gasteiger partial charge in [-0.3, -0.25) is 14.6 Å². The Morgan fingerprint density at radius 2 is 1.84 bits per heavy atom. The number of carbonyl (C=O) groups excluding carboxylic acids is 2. The molecule has 0 saturated carbocycles. The third-order valence-corrected chi connectivity index (χ3v) is 5.27. The first-order valence-electron chi connectivity index (χ1n) is 10.3. The summed E-state index contributed by atoms with van der Waals surface area (Å²) in [4.78, 5) is 43.8. The summed E-state index contributed by atoms with van der Waals surface area (Å²) in [6.07, 6.45) is 0.708. The molecule has 164 valence electrons. The highest BCUT2D eigenvalue weighted by atomic mass is 16.4. The molecule has 3 rings (SSSR count). The molecular weight excluding hydrogens is 396 g/mol. The summed E-state index contributed by atoms with van der Waals surface area (Å²) in [5.41, 5.74) is 11.3. The van der Waals surface area contributed by atoms with E-state index in [1.165, 1.54) is 0 Å². The van der Waals surface area contributed by atoms with E-state index in [0.29, 0.717) is 29.3 Å². The quantitative estimate of drug-likeness (QED) is 0.660. The number of hydrogen-bond acceptors (Lipinski definition) is 5. The van der Waals surface area contributed by atoms with Crippen LogP contribution in [-0.2, 0) is 22.6 Å². The number of carboxylic acid groups (broad SMARTS) is 1. The van der Waals surface area contributed by atoms with E-state index in [9.17, 15) is 14.4 Å². The highest BCUT2D eigenvalue weighted by Gasteiger charge is 2.41. The van der Waals surface area contributed by atoms with Gasteiger partial charge in [-0.1, -0.05) is 43.7 Å². The Kier molecular flexibility index (Phi) is 6.40. The van der Waals surface area contributed by atoms with Crippen LogP contribution in [0.5, 0.6) is 0 Å². The van der Waals surface area contributed by atoms with Crippen molar-refractivity contribution < 1.29 is 19.5 Å². The molecule has 0 bridgehead atoms. The number of anilines is 1. The Morgan fingerprint density at radius 3 is 2.39 bits per heavy atom. The molecule has 1 aliphatic rings. The van der Waals surface area contributed by atoms with Gasteiger partial charge in [0.2, 0.25) is 0 Å². The average molecular weight is 425 g/mol. The zero-order valence-electron chi connectivity index (χ0n) is 18.3. The Hall–Kier alpha value is -3.26. The van der Waals surface area contributed by atoms with Gasteiger partial charge in [0.05, 0.1) is 11.4 Å². The number of carboxylic acids is 1. The molecule has 0 spiro atoms. The van der Waals surface area contributed by atoms with Crippen LogP contribution in [0, 0.1) is 19.8 Å². The van der Waals surface area contributed by atoms with Gasteiger partial charge in [0.15, 0.2) is 0 Å². The van der Waals surface area contributed by atoms with Crippen LogP contribution in [0.2, 0.25) is 0 Å². The molecule has 3 N–H and O–H groups in total. The van der Waals surface area contributed by atoms with Crippen LogP contribution in [0.1, 0.15) is 36.4 Å². The van der Waals surface area contributed by atoms with E-state index in [1.54, 1.807) is 6.92 Å². The largest absolute Gasteiger partial charge is 0.480 e. The first kappa shape index (κ1) is 22.4. The van der Waals surface area contributed by atoms with Crippen molar-refractivity contribution in [3.05, 3.63) is 46.8 Å². The zero-order valence-corrected chi connectivity index (χ0v) is 18.3. The van der Waals surface area contributed by atoms with Gasteiger partial charge in [0.1, 0.15) is 13.1 Å². The predicted octanol–water partition coefficient (Wildman–Crippen LogP) is 2.88. The molecule has 8 heteroatoms.